The first-order valence-corrected chi connectivity index (χ1v) is 12.9. The maximum absolute atomic E-state index is 13.4. The Labute approximate surface area is 184 Å². The molecule has 0 spiro atoms. The van der Waals surface area contributed by atoms with Crippen LogP contribution < -0.4 is 0 Å². The van der Waals surface area contributed by atoms with E-state index in [1.807, 2.05) is 60.8 Å². The van der Waals surface area contributed by atoms with E-state index in [0.717, 1.165) is 48.4 Å². The summed E-state index contributed by atoms with van der Waals surface area (Å²) in [6, 6.07) is 9.50. The summed E-state index contributed by atoms with van der Waals surface area (Å²) < 4.78 is 25.8. The Kier molecular flexibility index (Phi) is 6.21. The van der Waals surface area contributed by atoms with Crippen molar-refractivity contribution < 1.29 is 13.2 Å². The van der Waals surface area contributed by atoms with Crippen LogP contribution in [0.25, 0.3) is 0 Å². The number of likely N-dealkylation sites (tertiary alicyclic amines) is 1. The number of aromatic nitrogens is 2. The number of likely N-dealkylation sites (N-methyl/N-ethyl adjacent to an activating group) is 1. The second kappa shape index (κ2) is 8.74. The molecule has 2 atom stereocenters. The lowest BCUT2D eigenvalue weighted by Gasteiger charge is -2.31. The molecule has 2 aromatic rings. The standard InChI is InChI=1S/C23H32N4O3S/c1-17-21(18(2)27(24-17)20-11-14-31(29,30)16-20)15-25(3)22(19-9-5-4-6-10-19)23(28)26-12-7-8-13-26/h4-6,9-10,20,22H,7-8,11-16H2,1-3H3/t20-,22+/m1/s1. The van der Waals surface area contributed by atoms with Crippen molar-refractivity contribution in [3.8, 4) is 0 Å². The van der Waals surface area contributed by atoms with Gasteiger partial charge in [-0.15, -0.1) is 0 Å². The van der Waals surface area contributed by atoms with Gasteiger partial charge >= 0.3 is 0 Å². The van der Waals surface area contributed by atoms with Crippen molar-refractivity contribution in [3.05, 3.63) is 52.8 Å². The first-order valence-electron chi connectivity index (χ1n) is 11.1. The molecule has 3 heterocycles. The molecule has 0 saturated carbocycles. The number of sulfone groups is 1. The quantitative estimate of drug-likeness (QED) is 0.685. The highest BCUT2D eigenvalue weighted by molar-refractivity contribution is 7.91. The predicted molar refractivity (Wildman–Crippen MR) is 120 cm³/mol. The van der Waals surface area contributed by atoms with E-state index in [4.69, 9.17) is 5.10 Å². The second-order valence-electron chi connectivity index (χ2n) is 8.91. The molecular weight excluding hydrogens is 412 g/mol. The molecule has 0 unspecified atom stereocenters. The first kappa shape index (κ1) is 22.0. The molecule has 168 valence electrons. The molecule has 2 fully saturated rings. The summed E-state index contributed by atoms with van der Waals surface area (Å²) in [6.45, 7) is 6.20. The van der Waals surface area contributed by atoms with Crippen LogP contribution in [0.5, 0.6) is 0 Å². The highest BCUT2D eigenvalue weighted by Crippen LogP contribution is 2.30. The highest BCUT2D eigenvalue weighted by Gasteiger charge is 2.34. The normalized spacial score (nSPS) is 21.7. The van der Waals surface area contributed by atoms with Crippen LogP contribution in [0.1, 0.15) is 53.9 Å². The summed E-state index contributed by atoms with van der Waals surface area (Å²) in [5.41, 5.74) is 3.95. The van der Waals surface area contributed by atoms with Crippen molar-refractivity contribution in [1.29, 1.82) is 0 Å². The molecule has 1 amide bonds. The Balaban J connectivity index is 1.60. The van der Waals surface area contributed by atoms with Gasteiger partial charge in [-0.05, 0) is 45.7 Å². The molecule has 8 heteroatoms. The average molecular weight is 445 g/mol. The number of hydrogen-bond acceptors (Lipinski definition) is 5. The van der Waals surface area contributed by atoms with Crippen LogP contribution in [-0.2, 0) is 21.2 Å². The van der Waals surface area contributed by atoms with E-state index in [2.05, 4.69) is 4.90 Å². The summed E-state index contributed by atoms with van der Waals surface area (Å²) in [5, 5.41) is 4.70. The maximum atomic E-state index is 13.4. The Morgan fingerprint density at radius 1 is 1.19 bits per heavy atom. The van der Waals surface area contributed by atoms with Gasteiger partial charge in [0.15, 0.2) is 9.84 Å². The molecule has 0 aliphatic carbocycles. The maximum Gasteiger partial charge on any atom is 0.244 e. The molecule has 0 N–H and O–H groups in total. The minimum atomic E-state index is -2.98. The van der Waals surface area contributed by atoms with Crippen LogP contribution in [0.3, 0.4) is 0 Å². The zero-order valence-electron chi connectivity index (χ0n) is 18.6. The van der Waals surface area contributed by atoms with Gasteiger partial charge in [0.05, 0.1) is 23.2 Å². The molecule has 2 saturated heterocycles. The fourth-order valence-corrected chi connectivity index (χ4v) is 6.61. The molecule has 0 bridgehead atoms. The van der Waals surface area contributed by atoms with Crippen molar-refractivity contribution in [2.45, 2.75) is 51.7 Å². The lowest BCUT2D eigenvalue weighted by Crippen LogP contribution is -2.40. The minimum absolute atomic E-state index is 0.0982. The topological polar surface area (TPSA) is 75.5 Å². The van der Waals surface area contributed by atoms with Gasteiger partial charge < -0.3 is 4.90 Å². The van der Waals surface area contributed by atoms with Crippen molar-refractivity contribution in [1.82, 2.24) is 19.6 Å². The number of benzene rings is 1. The van der Waals surface area contributed by atoms with Gasteiger partial charge in [0.25, 0.3) is 0 Å². The van der Waals surface area contributed by atoms with Gasteiger partial charge in [-0.3, -0.25) is 14.4 Å². The van der Waals surface area contributed by atoms with Crippen LogP contribution in [0.2, 0.25) is 0 Å². The Morgan fingerprint density at radius 2 is 1.87 bits per heavy atom. The number of amides is 1. The second-order valence-corrected chi connectivity index (χ2v) is 11.1. The van der Waals surface area contributed by atoms with E-state index >= 15 is 0 Å². The van der Waals surface area contributed by atoms with Crippen LogP contribution in [-0.4, -0.2) is 65.5 Å². The summed E-state index contributed by atoms with van der Waals surface area (Å²) >= 11 is 0. The summed E-state index contributed by atoms with van der Waals surface area (Å²) in [5.74, 6) is 0.534. The van der Waals surface area contributed by atoms with Crippen molar-refractivity contribution >= 4 is 15.7 Å². The Morgan fingerprint density at radius 3 is 2.48 bits per heavy atom. The smallest absolute Gasteiger partial charge is 0.244 e. The summed E-state index contributed by atoms with van der Waals surface area (Å²) in [4.78, 5) is 17.5. The average Bonchev–Trinajstić information content (AvgIpc) is 3.45. The van der Waals surface area contributed by atoms with E-state index < -0.39 is 9.84 Å². The molecule has 31 heavy (non-hydrogen) atoms. The predicted octanol–water partition coefficient (Wildman–Crippen LogP) is 2.66. The number of carbonyl (C=O) groups is 1. The molecule has 7 nitrogen and oxygen atoms in total. The molecule has 1 aromatic heterocycles. The van der Waals surface area contributed by atoms with Gasteiger partial charge in [0.1, 0.15) is 6.04 Å². The van der Waals surface area contributed by atoms with Crippen molar-refractivity contribution in [3.63, 3.8) is 0 Å². The first-order chi connectivity index (χ1) is 14.8. The number of aryl methyl sites for hydroxylation is 1. The molecular formula is C23H32N4O3S. The van der Waals surface area contributed by atoms with Crippen LogP contribution in [0, 0.1) is 13.8 Å². The van der Waals surface area contributed by atoms with E-state index in [0.29, 0.717) is 13.0 Å². The Hall–Kier alpha value is -2.19. The van der Waals surface area contributed by atoms with Gasteiger partial charge in [-0.2, -0.15) is 5.10 Å². The fourth-order valence-electron chi connectivity index (χ4n) is 4.92. The Bertz CT molecular complexity index is 1040. The fraction of sp³-hybridized carbons (Fsp3) is 0.565. The SMILES string of the molecule is Cc1nn([C@@H]2CCS(=O)(=O)C2)c(C)c1CN(C)[C@H](C(=O)N1CCCC1)c1ccccc1. The van der Waals surface area contributed by atoms with Gasteiger partial charge in [0, 0.05) is 30.9 Å². The molecule has 4 rings (SSSR count). The summed E-state index contributed by atoms with van der Waals surface area (Å²) in [7, 11) is -0.991. The largest absolute Gasteiger partial charge is 0.341 e. The van der Waals surface area contributed by atoms with Gasteiger partial charge in [-0.25, -0.2) is 8.42 Å². The highest BCUT2D eigenvalue weighted by atomic mass is 32.2. The number of hydrogen-bond donors (Lipinski definition) is 0. The van der Waals surface area contributed by atoms with Crippen molar-refractivity contribution in [2.75, 3.05) is 31.6 Å². The van der Waals surface area contributed by atoms with Crippen molar-refractivity contribution in [2.24, 2.45) is 0 Å². The third kappa shape index (κ3) is 4.55. The van der Waals surface area contributed by atoms with Gasteiger partial charge in [0.2, 0.25) is 5.91 Å². The lowest BCUT2D eigenvalue weighted by atomic mass is 10.0. The molecule has 2 aliphatic rings. The number of nitrogens with zero attached hydrogens (tertiary/aromatic N) is 4. The van der Waals surface area contributed by atoms with Crippen LogP contribution in [0.4, 0.5) is 0 Å². The lowest BCUT2D eigenvalue weighted by molar-refractivity contribution is -0.136. The molecule has 0 radical (unpaired) electrons. The van der Waals surface area contributed by atoms with E-state index in [9.17, 15) is 13.2 Å². The molecule has 1 aromatic carbocycles. The zero-order valence-corrected chi connectivity index (χ0v) is 19.4. The molecule has 2 aliphatic heterocycles. The van der Waals surface area contributed by atoms with E-state index in [-0.39, 0.29) is 29.5 Å². The zero-order chi connectivity index (χ0) is 22.2. The number of carbonyl (C=O) groups excluding carboxylic acids is 1. The monoisotopic (exact) mass is 444 g/mol. The minimum Gasteiger partial charge on any atom is -0.341 e. The number of rotatable bonds is 6. The third-order valence-electron chi connectivity index (χ3n) is 6.64. The van der Waals surface area contributed by atoms with Gasteiger partial charge in [-0.1, -0.05) is 30.3 Å². The van der Waals surface area contributed by atoms with E-state index in [1.165, 1.54) is 0 Å². The van der Waals surface area contributed by atoms with E-state index in [1.54, 1.807) is 0 Å². The summed E-state index contributed by atoms with van der Waals surface area (Å²) in [6.07, 6.45) is 2.73. The third-order valence-corrected chi connectivity index (χ3v) is 8.39. The van der Waals surface area contributed by atoms with Crippen LogP contribution >= 0.6 is 0 Å². The van der Waals surface area contributed by atoms with Crippen LogP contribution in [0.15, 0.2) is 30.3 Å².